The normalized spacial score (nSPS) is 15.5. The number of aliphatic hydroxyl groups excluding tert-OH is 1. The number of benzene rings is 1. The van der Waals surface area contributed by atoms with E-state index in [-0.39, 0.29) is 17.6 Å². The lowest BCUT2D eigenvalue weighted by Crippen LogP contribution is -2.44. The molecule has 0 aliphatic heterocycles. The highest BCUT2D eigenvalue weighted by Gasteiger charge is 2.42. The molecule has 114 valence electrons. The van der Waals surface area contributed by atoms with Crippen molar-refractivity contribution in [2.75, 3.05) is 6.61 Å². The van der Waals surface area contributed by atoms with Crippen molar-refractivity contribution in [2.45, 2.75) is 19.4 Å². The Bertz CT molecular complexity index is 816. The van der Waals surface area contributed by atoms with Crippen molar-refractivity contribution in [3.05, 3.63) is 69.0 Å². The van der Waals surface area contributed by atoms with Crippen LogP contribution < -0.4 is 11.2 Å². The molecule has 1 aliphatic carbocycles. The van der Waals surface area contributed by atoms with Gasteiger partial charge in [-0.25, -0.2) is 4.79 Å². The maximum atomic E-state index is 12.4. The fraction of sp³-hybridized carbons (Fsp3) is 0.312. The quantitative estimate of drug-likeness (QED) is 0.890. The summed E-state index contributed by atoms with van der Waals surface area (Å²) in [6.45, 7) is 0.301. The number of aromatic nitrogens is 2. The molecule has 1 fully saturated rings. The van der Waals surface area contributed by atoms with Gasteiger partial charge in [0.2, 0.25) is 0 Å². The average molecular weight is 300 g/mol. The van der Waals surface area contributed by atoms with Gasteiger partial charge in [-0.2, -0.15) is 4.57 Å². The van der Waals surface area contributed by atoms with Crippen LogP contribution in [0.5, 0.6) is 0 Å². The number of hydrogen-bond acceptors (Lipinski definition) is 4. The van der Waals surface area contributed by atoms with Crippen molar-refractivity contribution in [3.8, 4) is 0 Å². The summed E-state index contributed by atoms with van der Waals surface area (Å²) in [5, 5.41) is 9.37. The summed E-state index contributed by atoms with van der Waals surface area (Å²) in [5.41, 5.74) is -1.32. The monoisotopic (exact) mass is 300 g/mol. The van der Waals surface area contributed by atoms with E-state index in [0.29, 0.717) is 11.1 Å². The smallest absolute Gasteiger partial charge is 0.338 e. The first kappa shape index (κ1) is 14.5. The molecule has 1 heterocycles. The first-order valence-corrected chi connectivity index (χ1v) is 7.09. The van der Waals surface area contributed by atoms with Crippen LogP contribution in [0.1, 0.15) is 23.2 Å². The van der Waals surface area contributed by atoms with Gasteiger partial charge in [-0.15, -0.1) is 0 Å². The first-order valence-electron chi connectivity index (χ1n) is 7.09. The second kappa shape index (κ2) is 5.38. The molecule has 6 heteroatoms. The minimum absolute atomic E-state index is 0.00873. The van der Waals surface area contributed by atoms with Crippen LogP contribution in [0.25, 0.3) is 0 Å². The standard InChI is InChI=1S/C16H16N2O4/c19-11-16(7-8-16)10-17-9-6-13(20)18(15(17)22)14(21)12-4-2-1-3-5-12/h1-6,9,19H,7-8,10-11H2. The molecule has 0 atom stereocenters. The summed E-state index contributed by atoms with van der Waals surface area (Å²) < 4.78 is 1.97. The van der Waals surface area contributed by atoms with Crippen LogP contribution in [0.3, 0.4) is 0 Å². The van der Waals surface area contributed by atoms with E-state index in [1.54, 1.807) is 30.3 Å². The Morgan fingerprint density at radius 1 is 1.14 bits per heavy atom. The Morgan fingerprint density at radius 3 is 2.41 bits per heavy atom. The van der Waals surface area contributed by atoms with Crippen LogP contribution >= 0.6 is 0 Å². The van der Waals surface area contributed by atoms with E-state index in [0.717, 1.165) is 12.8 Å². The van der Waals surface area contributed by atoms with Gasteiger partial charge in [0.1, 0.15) is 0 Å². The van der Waals surface area contributed by atoms with Gasteiger partial charge < -0.3 is 5.11 Å². The molecule has 0 bridgehead atoms. The first-order chi connectivity index (χ1) is 10.6. The summed E-state index contributed by atoms with van der Waals surface area (Å²) in [7, 11) is 0. The summed E-state index contributed by atoms with van der Waals surface area (Å²) in [6.07, 6.45) is 3.05. The largest absolute Gasteiger partial charge is 0.396 e. The number of nitrogens with zero attached hydrogens (tertiary/aromatic N) is 2. The van der Waals surface area contributed by atoms with Crippen molar-refractivity contribution in [3.63, 3.8) is 0 Å². The Morgan fingerprint density at radius 2 is 1.82 bits per heavy atom. The molecule has 2 aromatic rings. The molecule has 6 nitrogen and oxygen atoms in total. The third kappa shape index (κ3) is 2.53. The molecular formula is C16H16N2O4. The highest BCUT2D eigenvalue weighted by Crippen LogP contribution is 2.46. The van der Waals surface area contributed by atoms with Crippen LogP contribution in [0, 0.1) is 5.41 Å². The second-order valence-electron chi connectivity index (χ2n) is 5.73. The summed E-state index contributed by atoms with van der Waals surface area (Å²) in [4.78, 5) is 36.8. The molecule has 0 radical (unpaired) electrons. The van der Waals surface area contributed by atoms with E-state index in [2.05, 4.69) is 0 Å². The molecule has 0 amide bonds. The van der Waals surface area contributed by atoms with E-state index in [1.807, 2.05) is 0 Å². The summed E-state index contributed by atoms with van der Waals surface area (Å²) in [5.74, 6) is -0.640. The molecule has 1 aromatic carbocycles. The molecule has 1 saturated carbocycles. The molecule has 1 aliphatic rings. The zero-order valence-electron chi connectivity index (χ0n) is 11.9. The van der Waals surface area contributed by atoms with Gasteiger partial charge in [-0.05, 0) is 25.0 Å². The fourth-order valence-electron chi connectivity index (χ4n) is 2.44. The van der Waals surface area contributed by atoms with Gasteiger partial charge in [0.25, 0.3) is 11.5 Å². The molecule has 3 rings (SSSR count). The number of aliphatic hydroxyl groups is 1. The summed E-state index contributed by atoms with van der Waals surface area (Å²) in [6, 6.07) is 9.41. The summed E-state index contributed by atoms with van der Waals surface area (Å²) >= 11 is 0. The SMILES string of the molecule is O=C(c1ccccc1)n1c(=O)ccn(CC2(CO)CC2)c1=O. The average Bonchev–Trinajstić information content (AvgIpc) is 3.31. The van der Waals surface area contributed by atoms with Gasteiger partial charge in [-0.3, -0.25) is 14.2 Å². The third-order valence-corrected chi connectivity index (χ3v) is 4.08. The van der Waals surface area contributed by atoms with Crippen molar-refractivity contribution in [2.24, 2.45) is 5.41 Å². The molecular weight excluding hydrogens is 284 g/mol. The number of rotatable bonds is 4. The van der Waals surface area contributed by atoms with Crippen LogP contribution in [0.4, 0.5) is 0 Å². The van der Waals surface area contributed by atoms with E-state index in [4.69, 9.17) is 0 Å². The topological polar surface area (TPSA) is 81.3 Å². The molecule has 0 unspecified atom stereocenters. The lowest BCUT2D eigenvalue weighted by atomic mass is 10.1. The fourth-order valence-corrected chi connectivity index (χ4v) is 2.44. The van der Waals surface area contributed by atoms with Gasteiger partial charge in [0.15, 0.2) is 0 Å². The molecule has 0 saturated heterocycles. The van der Waals surface area contributed by atoms with Crippen molar-refractivity contribution in [1.82, 2.24) is 9.13 Å². The Labute approximate surface area is 126 Å². The lowest BCUT2D eigenvalue weighted by Gasteiger charge is -2.14. The molecule has 1 N–H and O–H groups in total. The van der Waals surface area contributed by atoms with E-state index in [9.17, 15) is 19.5 Å². The Kier molecular flexibility index (Phi) is 3.54. The molecule has 1 aromatic heterocycles. The highest BCUT2D eigenvalue weighted by molar-refractivity contribution is 5.95. The van der Waals surface area contributed by atoms with E-state index >= 15 is 0 Å². The maximum Gasteiger partial charge on any atom is 0.338 e. The van der Waals surface area contributed by atoms with Crippen molar-refractivity contribution >= 4 is 5.91 Å². The van der Waals surface area contributed by atoms with E-state index in [1.165, 1.54) is 16.8 Å². The predicted octanol–water partition coefficient (Wildman–Crippen LogP) is 0.471. The minimum Gasteiger partial charge on any atom is -0.396 e. The zero-order valence-corrected chi connectivity index (χ0v) is 11.9. The highest BCUT2D eigenvalue weighted by atomic mass is 16.3. The number of carbonyl (C=O) groups is 1. The number of carbonyl (C=O) groups excluding carboxylic acids is 1. The molecule has 0 spiro atoms. The molecule has 22 heavy (non-hydrogen) atoms. The predicted molar refractivity (Wildman–Crippen MR) is 79.9 cm³/mol. The lowest BCUT2D eigenvalue weighted by molar-refractivity contribution is 0.0947. The van der Waals surface area contributed by atoms with Crippen molar-refractivity contribution < 1.29 is 9.90 Å². The Balaban J connectivity index is 2.03. The van der Waals surface area contributed by atoms with E-state index < -0.39 is 17.2 Å². The minimum atomic E-state index is -0.666. The van der Waals surface area contributed by atoms with Crippen LogP contribution in [-0.2, 0) is 6.54 Å². The van der Waals surface area contributed by atoms with Crippen molar-refractivity contribution in [1.29, 1.82) is 0 Å². The van der Waals surface area contributed by atoms with Crippen LogP contribution in [0.15, 0.2) is 52.2 Å². The maximum absolute atomic E-state index is 12.4. The van der Waals surface area contributed by atoms with Gasteiger partial charge in [0, 0.05) is 29.8 Å². The zero-order chi connectivity index (χ0) is 15.7. The van der Waals surface area contributed by atoms with Crippen LogP contribution in [0.2, 0.25) is 0 Å². The van der Waals surface area contributed by atoms with Gasteiger partial charge in [0.05, 0.1) is 6.61 Å². The third-order valence-electron chi connectivity index (χ3n) is 4.08. The number of hydrogen-bond donors (Lipinski definition) is 1. The second-order valence-corrected chi connectivity index (χ2v) is 5.73. The Hall–Kier alpha value is -2.47. The van der Waals surface area contributed by atoms with Gasteiger partial charge in [-0.1, -0.05) is 18.2 Å². The van der Waals surface area contributed by atoms with Gasteiger partial charge >= 0.3 is 5.69 Å². The van der Waals surface area contributed by atoms with Crippen LogP contribution in [-0.4, -0.2) is 26.8 Å².